The van der Waals surface area contributed by atoms with E-state index in [0.717, 1.165) is 11.3 Å². The van der Waals surface area contributed by atoms with Crippen LogP contribution in [0.25, 0.3) is 5.69 Å². The van der Waals surface area contributed by atoms with Gasteiger partial charge in [0.1, 0.15) is 12.2 Å². The van der Waals surface area contributed by atoms with Crippen molar-refractivity contribution in [3.8, 4) is 5.69 Å². The van der Waals surface area contributed by atoms with Crippen LogP contribution in [0.2, 0.25) is 0 Å². The summed E-state index contributed by atoms with van der Waals surface area (Å²) in [5, 5.41) is 14.5. The standard InChI is InChI=1S/C14H16N2O3/c17-14(13-10-18-6-7-19-13)11-8-15-16(9-11)12-4-2-1-3-5-12/h1-5,8-9,13-14,17H,6-7,10H2. The first-order valence-corrected chi connectivity index (χ1v) is 6.32. The fraction of sp³-hybridized carbons (Fsp3) is 0.357. The van der Waals surface area contributed by atoms with Gasteiger partial charge in [0.2, 0.25) is 0 Å². The van der Waals surface area contributed by atoms with Crippen LogP contribution in [0.4, 0.5) is 0 Å². The third-order valence-electron chi connectivity index (χ3n) is 3.16. The maximum atomic E-state index is 10.2. The molecule has 2 atom stereocenters. The zero-order valence-corrected chi connectivity index (χ0v) is 10.5. The summed E-state index contributed by atoms with van der Waals surface area (Å²) in [7, 11) is 0. The lowest BCUT2D eigenvalue weighted by atomic mass is 10.1. The molecule has 5 heteroatoms. The van der Waals surface area contributed by atoms with Crippen molar-refractivity contribution < 1.29 is 14.6 Å². The minimum atomic E-state index is -0.710. The molecule has 2 unspecified atom stereocenters. The second kappa shape index (κ2) is 5.52. The summed E-state index contributed by atoms with van der Waals surface area (Å²) in [4.78, 5) is 0. The fourth-order valence-corrected chi connectivity index (χ4v) is 2.11. The molecule has 0 amide bonds. The number of rotatable bonds is 3. The summed E-state index contributed by atoms with van der Waals surface area (Å²) in [6.07, 6.45) is 2.45. The molecule has 2 heterocycles. The number of hydrogen-bond donors (Lipinski definition) is 1. The molecule has 0 radical (unpaired) electrons. The van der Waals surface area contributed by atoms with Crippen LogP contribution in [0.15, 0.2) is 42.7 Å². The minimum Gasteiger partial charge on any atom is -0.385 e. The van der Waals surface area contributed by atoms with E-state index >= 15 is 0 Å². The topological polar surface area (TPSA) is 56.5 Å². The SMILES string of the molecule is OC(c1cnn(-c2ccccc2)c1)C1COCCO1. The lowest BCUT2D eigenvalue weighted by Gasteiger charge is -2.26. The Labute approximate surface area is 111 Å². The monoisotopic (exact) mass is 260 g/mol. The summed E-state index contributed by atoms with van der Waals surface area (Å²) in [6, 6.07) is 9.78. The van der Waals surface area contributed by atoms with Crippen LogP contribution < -0.4 is 0 Å². The quantitative estimate of drug-likeness (QED) is 0.904. The number of nitrogens with zero attached hydrogens (tertiary/aromatic N) is 2. The average molecular weight is 260 g/mol. The van der Waals surface area contributed by atoms with Crippen molar-refractivity contribution in [1.82, 2.24) is 9.78 Å². The lowest BCUT2D eigenvalue weighted by molar-refractivity contribution is -0.133. The van der Waals surface area contributed by atoms with Gasteiger partial charge < -0.3 is 14.6 Å². The summed E-state index contributed by atoms with van der Waals surface area (Å²) >= 11 is 0. The van der Waals surface area contributed by atoms with Gasteiger partial charge in [0.15, 0.2) is 0 Å². The van der Waals surface area contributed by atoms with Gasteiger partial charge in [0.05, 0.1) is 31.7 Å². The number of para-hydroxylation sites is 1. The molecule has 0 aliphatic carbocycles. The Balaban J connectivity index is 1.77. The molecule has 1 N–H and O–H groups in total. The molecule has 19 heavy (non-hydrogen) atoms. The Morgan fingerprint density at radius 1 is 1.26 bits per heavy atom. The van der Waals surface area contributed by atoms with Crippen molar-refractivity contribution in [2.24, 2.45) is 0 Å². The average Bonchev–Trinajstić information content (AvgIpc) is 2.98. The molecule has 1 saturated heterocycles. The minimum absolute atomic E-state index is 0.317. The van der Waals surface area contributed by atoms with Gasteiger partial charge in [-0.2, -0.15) is 5.10 Å². The Bertz CT molecular complexity index is 520. The molecule has 1 aromatic carbocycles. The van der Waals surface area contributed by atoms with Gasteiger partial charge in [0.25, 0.3) is 0 Å². The number of hydrogen-bond acceptors (Lipinski definition) is 4. The van der Waals surface area contributed by atoms with Crippen molar-refractivity contribution in [2.75, 3.05) is 19.8 Å². The van der Waals surface area contributed by atoms with E-state index in [4.69, 9.17) is 9.47 Å². The molecule has 1 aliphatic heterocycles. The van der Waals surface area contributed by atoms with E-state index in [9.17, 15) is 5.11 Å². The lowest BCUT2D eigenvalue weighted by Crippen LogP contribution is -2.33. The van der Waals surface area contributed by atoms with Crippen LogP contribution in [-0.4, -0.2) is 40.8 Å². The smallest absolute Gasteiger partial charge is 0.111 e. The van der Waals surface area contributed by atoms with E-state index in [-0.39, 0.29) is 6.10 Å². The van der Waals surface area contributed by atoms with Gasteiger partial charge in [-0.05, 0) is 12.1 Å². The molecule has 1 aliphatic rings. The first kappa shape index (κ1) is 12.3. The fourth-order valence-electron chi connectivity index (χ4n) is 2.11. The zero-order valence-electron chi connectivity index (χ0n) is 10.5. The predicted octanol–water partition coefficient (Wildman–Crippen LogP) is 1.32. The Morgan fingerprint density at radius 2 is 2.11 bits per heavy atom. The first-order valence-electron chi connectivity index (χ1n) is 6.32. The summed E-state index contributed by atoms with van der Waals surface area (Å²) in [5.74, 6) is 0. The van der Waals surface area contributed by atoms with Crippen molar-refractivity contribution >= 4 is 0 Å². The van der Waals surface area contributed by atoms with Gasteiger partial charge in [-0.3, -0.25) is 0 Å². The maximum Gasteiger partial charge on any atom is 0.111 e. The molecule has 0 saturated carbocycles. The van der Waals surface area contributed by atoms with Gasteiger partial charge in [-0.25, -0.2) is 4.68 Å². The number of aliphatic hydroxyl groups is 1. The molecule has 100 valence electrons. The second-order valence-corrected chi connectivity index (χ2v) is 4.48. The third kappa shape index (κ3) is 2.68. The summed E-state index contributed by atoms with van der Waals surface area (Å²) < 4.78 is 12.5. The van der Waals surface area contributed by atoms with Crippen LogP contribution in [0.1, 0.15) is 11.7 Å². The normalized spacial score (nSPS) is 21.2. The van der Waals surface area contributed by atoms with Crippen molar-refractivity contribution in [3.05, 3.63) is 48.3 Å². The maximum absolute atomic E-state index is 10.2. The van der Waals surface area contributed by atoms with Gasteiger partial charge in [0, 0.05) is 11.8 Å². The predicted molar refractivity (Wildman–Crippen MR) is 69.1 cm³/mol. The first-order chi connectivity index (χ1) is 9.34. The molecule has 2 aromatic rings. The van der Waals surface area contributed by atoms with Crippen molar-refractivity contribution in [2.45, 2.75) is 12.2 Å². The van der Waals surface area contributed by atoms with Crippen molar-refractivity contribution in [1.29, 1.82) is 0 Å². The number of aliphatic hydroxyl groups excluding tert-OH is 1. The Morgan fingerprint density at radius 3 is 2.84 bits per heavy atom. The van der Waals surface area contributed by atoms with Crippen LogP contribution >= 0.6 is 0 Å². The molecule has 1 aromatic heterocycles. The number of ether oxygens (including phenoxy) is 2. The largest absolute Gasteiger partial charge is 0.385 e. The Kier molecular flexibility index (Phi) is 3.59. The van der Waals surface area contributed by atoms with Crippen LogP contribution in [-0.2, 0) is 9.47 Å². The molecule has 0 bridgehead atoms. The molecular weight excluding hydrogens is 244 g/mol. The number of aromatic nitrogens is 2. The molecule has 0 spiro atoms. The number of benzene rings is 1. The van der Waals surface area contributed by atoms with E-state index in [1.165, 1.54) is 0 Å². The van der Waals surface area contributed by atoms with Gasteiger partial charge >= 0.3 is 0 Å². The van der Waals surface area contributed by atoms with Gasteiger partial charge in [-0.1, -0.05) is 18.2 Å². The van der Waals surface area contributed by atoms with Crippen LogP contribution in [0.3, 0.4) is 0 Å². The highest BCUT2D eigenvalue weighted by molar-refractivity contribution is 5.31. The van der Waals surface area contributed by atoms with Crippen LogP contribution in [0, 0.1) is 0 Å². The third-order valence-corrected chi connectivity index (χ3v) is 3.16. The summed E-state index contributed by atoms with van der Waals surface area (Å²) in [6.45, 7) is 1.53. The highest BCUT2D eigenvalue weighted by atomic mass is 16.6. The highest BCUT2D eigenvalue weighted by Crippen LogP contribution is 2.21. The molecular formula is C14H16N2O3. The van der Waals surface area contributed by atoms with E-state index in [1.54, 1.807) is 10.9 Å². The van der Waals surface area contributed by atoms with E-state index in [1.807, 2.05) is 36.5 Å². The molecule has 3 rings (SSSR count). The second-order valence-electron chi connectivity index (χ2n) is 4.48. The van der Waals surface area contributed by atoms with Crippen LogP contribution in [0.5, 0.6) is 0 Å². The Hall–Kier alpha value is -1.69. The molecule has 1 fully saturated rings. The molecule has 5 nitrogen and oxygen atoms in total. The summed E-state index contributed by atoms with van der Waals surface area (Å²) in [5.41, 5.74) is 1.70. The van der Waals surface area contributed by atoms with E-state index in [2.05, 4.69) is 5.10 Å². The van der Waals surface area contributed by atoms with Gasteiger partial charge in [-0.15, -0.1) is 0 Å². The van der Waals surface area contributed by atoms with E-state index in [0.29, 0.717) is 19.8 Å². The van der Waals surface area contributed by atoms with E-state index < -0.39 is 6.10 Å². The van der Waals surface area contributed by atoms with Crippen molar-refractivity contribution in [3.63, 3.8) is 0 Å². The highest BCUT2D eigenvalue weighted by Gasteiger charge is 2.25. The zero-order chi connectivity index (χ0) is 13.1.